The largest absolute Gasteiger partial charge is 0.497 e. The third kappa shape index (κ3) is 9.29. The molecule has 0 aromatic heterocycles. The van der Waals surface area contributed by atoms with Crippen molar-refractivity contribution < 1.29 is 14.3 Å². The summed E-state index contributed by atoms with van der Waals surface area (Å²) in [4.78, 5) is 28.9. The van der Waals surface area contributed by atoms with E-state index in [4.69, 9.17) is 4.74 Å². The molecule has 0 saturated heterocycles. The first-order valence-electron chi connectivity index (χ1n) is 12.9. The molecule has 1 atom stereocenters. The fourth-order valence-corrected chi connectivity index (χ4v) is 5.03. The molecule has 0 radical (unpaired) electrons. The van der Waals surface area contributed by atoms with Crippen molar-refractivity contribution in [2.75, 3.05) is 19.4 Å². The van der Waals surface area contributed by atoms with Crippen LogP contribution in [-0.4, -0.2) is 42.2 Å². The maximum absolute atomic E-state index is 13.7. The molecular formula is C31H38N2O3S. The molecule has 6 heteroatoms. The standard InChI is InChI=1S/C31H38N2O3S/c1-4-5-17-32-31(35)29(20-25-12-7-6-8-13-25)33(21-26-14-10-16-28(19-26)36-3)30(34)23-37-22-27-15-9-11-24(2)18-27/h6-16,18-19,29H,4-5,17,20-23H2,1-3H3,(H,32,35)/t29-/m0/s1. The Morgan fingerprint density at radius 1 is 0.946 bits per heavy atom. The van der Waals surface area contributed by atoms with Gasteiger partial charge in [0.2, 0.25) is 11.8 Å². The monoisotopic (exact) mass is 518 g/mol. The average molecular weight is 519 g/mol. The molecule has 0 fully saturated rings. The van der Waals surface area contributed by atoms with Crippen molar-refractivity contribution in [3.8, 4) is 5.75 Å². The molecule has 0 aliphatic heterocycles. The minimum Gasteiger partial charge on any atom is -0.497 e. The quantitative estimate of drug-likeness (QED) is 0.274. The predicted octanol–water partition coefficient (Wildman–Crippen LogP) is 5.79. The van der Waals surface area contributed by atoms with Gasteiger partial charge in [-0.05, 0) is 42.2 Å². The highest BCUT2D eigenvalue weighted by molar-refractivity contribution is 7.99. The SMILES string of the molecule is CCCCNC(=O)[C@H](Cc1ccccc1)N(Cc1cccc(OC)c1)C(=O)CSCc1cccc(C)c1. The van der Waals surface area contributed by atoms with Crippen LogP contribution in [0.5, 0.6) is 5.75 Å². The first-order chi connectivity index (χ1) is 18.0. The fraction of sp³-hybridized carbons (Fsp3) is 0.355. The van der Waals surface area contributed by atoms with Crippen LogP contribution in [0.2, 0.25) is 0 Å². The lowest BCUT2D eigenvalue weighted by atomic mass is 10.0. The van der Waals surface area contributed by atoms with Crippen molar-refractivity contribution in [3.05, 3.63) is 101 Å². The number of carbonyl (C=O) groups is 2. The average Bonchev–Trinajstić information content (AvgIpc) is 2.91. The Balaban J connectivity index is 1.84. The molecule has 1 N–H and O–H groups in total. The van der Waals surface area contributed by atoms with Crippen LogP contribution >= 0.6 is 11.8 Å². The highest BCUT2D eigenvalue weighted by Crippen LogP contribution is 2.21. The van der Waals surface area contributed by atoms with E-state index >= 15 is 0 Å². The summed E-state index contributed by atoms with van der Waals surface area (Å²) in [5.74, 6) is 1.60. The van der Waals surface area contributed by atoms with Crippen LogP contribution < -0.4 is 10.1 Å². The third-order valence-electron chi connectivity index (χ3n) is 6.16. The van der Waals surface area contributed by atoms with E-state index in [9.17, 15) is 9.59 Å². The Kier molecular flexibility index (Phi) is 11.6. The molecule has 0 aliphatic carbocycles. The van der Waals surface area contributed by atoms with Crippen LogP contribution in [-0.2, 0) is 28.3 Å². The van der Waals surface area contributed by atoms with Gasteiger partial charge >= 0.3 is 0 Å². The van der Waals surface area contributed by atoms with Gasteiger partial charge in [-0.2, -0.15) is 0 Å². The molecule has 0 spiro atoms. The Labute approximate surface area is 225 Å². The van der Waals surface area contributed by atoms with Gasteiger partial charge in [0.25, 0.3) is 0 Å². The Morgan fingerprint density at radius 2 is 1.68 bits per heavy atom. The zero-order valence-corrected chi connectivity index (χ0v) is 22.9. The van der Waals surface area contributed by atoms with Crippen molar-refractivity contribution in [1.29, 1.82) is 0 Å². The number of aryl methyl sites for hydroxylation is 1. The number of thioether (sulfide) groups is 1. The van der Waals surface area contributed by atoms with Crippen LogP contribution in [0.4, 0.5) is 0 Å². The summed E-state index contributed by atoms with van der Waals surface area (Å²) in [6, 6.07) is 25.3. The van der Waals surface area contributed by atoms with Gasteiger partial charge < -0.3 is 15.0 Å². The number of ether oxygens (including phenoxy) is 1. The summed E-state index contributed by atoms with van der Waals surface area (Å²) in [6.07, 6.45) is 2.35. The molecule has 0 heterocycles. The van der Waals surface area contributed by atoms with Gasteiger partial charge in [-0.25, -0.2) is 0 Å². The summed E-state index contributed by atoms with van der Waals surface area (Å²) < 4.78 is 5.40. The number of nitrogens with one attached hydrogen (secondary N) is 1. The number of hydrogen-bond donors (Lipinski definition) is 1. The van der Waals surface area contributed by atoms with E-state index in [1.165, 1.54) is 11.1 Å². The number of amides is 2. The predicted molar refractivity (Wildman–Crippen MR) is 153 cm³/mol. The summed E-state index contributed by atoms with van der Waals surface area (Å²) in [7, 11) is 1.63. The van der Waals surface area contributed by atoms with E-state index in [2.05, 4.69) is 37.4 Å². The van der Waals surface area contributed by atoms with Gasteiger partial charge in [-0.15, -0.1) is 11.8 Å². The van der Waals surface area contributed by atoms with Gasteiger partial charge in [0.05, 0.1) is 12.9 Å². The van der Waals surface area contributed by atoms with Gasteiger partial charge in [0.1, 0.15) is 11.8 Å². The van der Waals surface area contributed by atoms with E-state index in [1.54, 1.807) is 23.8 Å². The third-order valence-corrected chi connectivity index (χ3v) is 7.15. The van der Waals surface area contributed by atoms with Crippen molar-refractivity contribution in [3.63, 3.8) is 0 Å². The molecule has 0 saturated carbocycles. The number of hydrogen-bond acceptors (Lipinski definition) is 4. The van der Waals surface area contributed by atoms with Gasteiger partial charge in [-0.1, -0.05) is 85.6 Å². The maximum atomic E-state index is 13.7. The van der Waals surface area contributed by atoms with Gasteiger partial charge in [-0.3, -0.25) is 9.59 Å². The van der Waals surface area contributed by atoms with E-state index in [0.717, 1.165) is 35.5 Å². The van der Waals surface area contributed by atoms with E-state index < -0.39 is 6.04 Å². The van der Waals surface area contributed by atoms with E-state index in [0.29, 0.717) is 25.3 Å². The second kappa shape index (κ2) is 15.1. The lowest BCUT2D eigenvalue weighted by Gasteiger charge is -2.31. The highest BCUT2D eigenvalue weighted by atomic mass is 32.2. The zero-order chi connectivity index (χ0) is 26.5. The smallest absolute Gasteiger partial charge is 0.243 e. The van der Waals surface area contributed by atoms with Crippen LogP contribution in [0.1, 0.15) is 42.0 Å². The molecule has 0 unspecified atom stereocenters. The Morgan fingerprint density at radius 3 is 2.41 bits per heavy atom. The minimum atomic E-state index is -0.613. The molecule has 2 amide bonds. The van der Waals surface area contributed by atoms with Crippen LogP contribution in [0.25, 0.3) is 0 Å². The first kappa shape index (κ1) is 28.3. The summed E-state index contributed by atoms with van der Waals surface area (Å²) in [5, 5.41) is 3.07. The van der Waals surface area contributed by atoms with Crippen LogP contribution in [0.3, 0.4) is 0 Å². The second-order valence-corrected chi connectivity index (χ2v) is 10.2. The van der Waals surface area contributed by atoms with Crippen LogP contribution in [0, 0.1) is 6.92 Å². The number of nitrogens with zero attached hydrogens (tertiary/aromatic N) is 1. The summed E-state index contributed by atoms with van der Waals surface area (Å²) in [6.45, 7) is 5.10. The molecular weight excluding hydrogens is 480 g/mol. The van der Waals surface area contributed by atoms with Crippen LogP contribution in [0.15, 0.2) is 78.9 Å². The van der Waals surface area contributed by atoms with Crippen molar-refractivity contribution in [2.24, 2.45) is 0 Å². The van der Waals surface area contributed by atoms with Crippen molar-refractivity contribution >= 4 is 23.6 Å². The highest BCUT2D eigenvalue weighted by Gasteiger charge is 2.30. The Hall–Kier alpha value is -3.25. The number of methoxy groups -OCH3 is 1. The molecule has 0 bridgehead atoms. The molecule has 3 rings (SSSR count). The molecule has 0 aliphatic rings. The lowest BCUT2D eigenvalue weighted by molar-refractivity contribution is -0.139. The summed E-state index contributed by atoms with van der Waals surface area (Å²) >= 11 is 1.58. The second-order valence-electron chi connectivity index (χ2n) is 9.21. The van der Waals surface area contributed by atoms with Crippen molar-refractivity contribution in [1.82, 2.24) is 10.2 Å². The molecule has 37 heavy (non-hydrogen) atoms. The van der Waals surface area contributed by atoms with E-state index in [1.807, 2.05) is 60.7 Å². The topological polar surface area (TPSA) is 58.6 Å². The number of carbonyl (C=O) groups excluding carboxylic acids is 2. The molecule has 5 nitrogen and oxygen atoms in total. The fourth-order valence-electron chi connectivity index (χ4n) is 4.17. The zero-order valence-electron chi connectivity index (χ0n) is 22.1. The number of benzene rings is 3. The maximum Gasteiger partial charge on any atom is 0.243 e. The minimum absolute atomic E-state index is 0.0490. The molecule has 196 valence electrons. The lowest BCUT2D eigenvalue weighted by Crippen LogP contribution is -2.51. The molecule has 3 aromatic rings. The summed E-state index contributed by atoms with van der Waals surface area (Å²) in [5.41, 5.74) is 4.34. The number of rotatable bonds is 14. The van der Waals surface area contributed by atoms with Crippen molar-refractivity contribution in [2.45, 2.75) is 51.4 Å². The molecule has 3 aromatic carbocycles. The number of unbranched alkanes of at least 4 members (excludes halogenated alkanes) is 1. The Bertz CT molecular complexity index is 1140. The van der Waals surface area contributed by atoms with E-state index in [-0.39, 0.29) is 11.8 Å². The normalized spacial score (nSPS) is 11.5. The first-order valence-corrected chi connectivity index (χ1v) is 14.0. The van der Waals surface area contributed by atoms with Gasteiger partial charge in [0.15, 0.2) is 0 Å². The van der Waals surface area contributed by atoms with Gasteiger partial charge in [0, 0.05) is 25.3 Å².